The second-order valence-corrected chi connectivity index (χ2v) is 7.26. The number of nitrogens with two attached hydrogens (primary N) is 2. The largest absolute Gasteiger partial charge is 0.364 e. The number of rotatable bonds is 4. The van der Waals surface area contributed by atoms with Gasteiger partial charge in [0.15, 0.2) is 0 Å². The van der Waals surface area contributed by atoms with Gasteiger partial charge in [-0.25, -0.2) is 13.6 Å². The van der Waals surface area contributed by atoms with Gasteiger partial charge in [-0.3, -0.25) is 9.89 Å². The van der Waals surface area contributed by atoms with Gasteiger partial charge in [0.2, 0.25) is 10.0 Å². The average molecular weight is 377 g/mol. The number of sulfonamides is 1. The van der Waals surface area contributed by atoms with Crippen LogP contribution in [0, 0.1) is 0 Å². The van der Waals surface area contributed by atoms with E-state index in [0.29, 0.717) is 27.4 Å². The van der Waals surface area contributed by atoms with Gasteiger partial charge >= 0.3 is 0 Å². The molecule has 5 N–H and O–H groups in total. The SMILES string of the molecule is NC(=O)c1[nH]nc(-c2ccc(S(N)(=O)=O)cc2)c1-c1ccc(Cl)cc1. The molecule has 0 unspecified atom stereocenters. The Labute approximate surface area is 148 Å². The molecule has 128 valence electrons. The Morgan fingerprint density at radius 1 is 1.00 bits per heavy atom. The number of hydrogen-bond donors (Lipinski definition) is 3. The Kier molecular flexibility index (Phi) is 4.34. The van der Waals surface area contributed by atoms with E-state index in [0.717, 1.165) is 0 Å². The van der Waals surface area contributed by atoms with Gasteiger partial charge in [-0.05, 0) is 29.8 Å². The van der Waals surface area contributed by atoms with Crippen molar-refractivity contribution in [3.05, 3.63) is 59.2 Å². The lowest BCUT2D eigenvalue weighted by Gasteiger charge is -2.06. The monoisotopic (exact) mass is 376 g/mol. The van der Waals surface area contributed by atoms with Crippen molar-refractivity contribution in [2.45, 2.75) is 4.90 Å². The third-order valence-electron chi connectivity index (χ3n) is 3.60. The molecule has 0 saturated heterocycles. The summed E-state index contributed by atoms with van der Waals surface area (Å²) in [6.45, 7) is 0. The molecule has 0 aliphatic rings. The second kappa shape index (κ2) is 6.32. The van der Waals surface area contributed by atoms with Gasteiger partial charge in [-0.1, -0.05) is 35.9 Å². The summed E-state index contributed by atoms with van der Waals surface area (Å²) >= 11 is 5.91. The smallest absolute Gasteiger partial charge is 0.267 e. The number of amides is 1. The minimum absolute atomic E-state index is 0.0186. The molecule has 3 aromatic rings. The molecule has 0 saturated carbocycles. The molecule has 2 aromatic carbocycles. The van der Waals surface area contributed by atoms with Crippen LogP contribution in [-0.4, -0.2) is 24.5 Å². The first-order chi connectivity index (χ1) is 11.8. The first-order valence-electron chi connectivity index (χ1n) is 7.04. The lowest BCUT2D eigenvalue weighted by atomic mass is 9.99. The summed E-state index contributed by atoms with van der Waals surface area (Å²) in [5.74, 6) is -0.662. The normalized spacial score (nSPS) is 11.4. The number of primary amides is 1. The van der Waals surface area contributed by atoms with E-state index in [9.17, 15) is 13.2 Å². The van der Waals surface area contributed by atoms with Gasteiger partial charge < -0.3 is 5.73 Å². The first kappa shape index (κ1) is 17.2. The Bertz CT molecular complexity index is 1040. The number of aromatic nitrogens is 2. The second-order valence-electron chi connectivity index (χ2n) is 5.26. The Morgan fingerprint density at radius 2 is 1.56 bits per heavy atom. The molecule has 9 heteroatoms. The van der Waals surface area contributed by atoms with Crippen molar-refractivity contribution in [1.29, 1.82) is 0 Å². The van der Waals surface area contributed by atoms with E-state index in [1.807, 2.05) is 0 Å². The zero-order valence-electron chi connectivity index (χ0n) is 12.7. The van der Waals surface area contributed by atoms with Crippen molar-refractivity contribution in [3.8, 4) is 22.4 Å². The fourth-order valence-corrected chi connectivity index (χ4v) is 3.07. The standard InChI is InChI=1S/C16H13ClN4O3S/c17-11-5-1-9(2-6-11)13-14(20-21-15(13)16(18)22)10-3-7-12(8-4-10)25(19,23)24/h1-8H,(H2,18,22)(H,20,21)(H2,19,23,24). The van der Waals surface area contributed by atoms with Crippen molar-refractivity contribution < 1.29 is 13.2 Å². The molecule has 3 rings (SSSR count). The maximum absolute atomic E-state index is 11.7. The molecule has 1 amide bonds. The van der Waals surface area contributed by atoms with Crippen molar-refractivity contribution in [1.82, 2.24) is 10.2 Å². The van der Waals surface area contributed by atoms with Crippen LogP contribution < -0.4 is 10.9 Å². The van der Waals surface area contributed by atoms with Crippen LogP contribution in [0.3, 0.4) is 0 Å². The summed E-state index contributed by atoms with van der Waals surface area (Å²) in [6, 6.07) is 12.7. The quantitative estimate of drug-likeness (QED) is 0.643. The zero-order valence-corrected chi connectivity index (χ0v) is 14.3. The predicted octanol–water partition coefficient (Wildman–Crippen LogP) is 2.14. The number of halogens is 1. The number of hydrogen-bond acceptors (Lipinski definition) is 4. The van der Waals surface area contributed by atoms with Crippen molar-refractivity contribution in [2.75, 3.05) is 0 Å². The van der Waals surface area contributed by atoms with E-state index in [2.05, 4.69) is 10.2 Å². The lowest BCUT2D eigenvalue weighted by molar-refractivity contribution is 0.0996. The molecule has 1 aromatic heterocycles. The van der Waals surface area contributed by atoms with Gasteiger partial charge in [0, 0.05) is 16.1 Å². The molecule has 25 heavy (non-hydrogen) atoms. The van der Waals surface area contributed by atoms with Gasteiger partial charge in [0.1, 0.15) is 11.4 Å². The third-order valence-corrected chi connectivity index (χ3v) is 4.78. The number of aromatic amines is 1. The van der Waals surface area contributed by atoms with Gasteiger partial charge in [0.05, 0.1) is 4.90 Å². The summed E-state index contributed by atoms with van der Waals surface area (Å²) in [4.78, 5) is 11.7. The van der Waals surface area contributed by atoms with E-state index in [1.165, 1.54) is 12.1 Å². The molecule has 1 heterocycles. The molecule has 0 radical (unpaired) electrons. The minimum Gasteiger partial charge on any atom is -0.364 e. The molecule has 0 bridgehead atoms. The van der Waals surface area contributed by atoms with Crippen LogP contribution in [0.4, 0.5) is 0 Å². The molecular weight excluding hydrogens is 364 g/mol. The third kappa shape index (κ3) is 3.41. The summed E-state index contributed by atoms with van der Waals surface area (Å²) in [6.07, 6.45) is 0. The molecule has 7 nitrogen and oxygen atoms in total. The van der Waals surface area contributed by atoms with Gasteiger partial charge in [-0.2, -0.15) is 5.10 Å². The molecule has 0 aliphatic carbocycles. The lowest BCUT2D eigenvalue weighted by Crippen LogP contribution is -2.12. The van der Waals surface area contributed by atoms with Crippen molar-refractivity contribution >= 4 is 27.5 Å². The van der Waals surface area contributed by atoms with E-state index in [-0.39, 0.29) is 10.6 Å². The molecule has 0 atom stereocenters. The number of nitrogens with one attached hydrogen (secondary N) is 1. The highest BCUT2D eigenvalue weighted by Gasteiger charge is 2.20. The number of carbonyl (C=O) groups excluding carboxylic acids is 1. The van der Waals surface area contributed by atoms with E-state index < -0.39 is 15.9 Å². The van der Waals surface area contributed by atoms with Crippen LogP contribution in [0.15, 0.2) is 53.4 Å². The summed E-state index contributed by atoms with van der Waals surface area (Å²) in [5.41, 5.74) is 7.82. The molecule has 0 fully saturated rings. The van der Waals surface area contributed by atoms with Crippen molar-refractivity contribution in [3.63, 3.8) is 0 Å². The Hall–Kier alpha value is -2.68. The van der Waals surface area contributed by atoms with Crippen LogP contribution in [0.5, 0.6) is 0 Å². The van der Waals surface area contributed by atoms with Gasteiger partial charge in [-0.15, -0.1) is 0 Å². The van der Waals surface area contributed by atoms with E-state index >= 15 is 0 Å². The first-order valence-corrected chi connectivity index (χ1v) is 8.97. The highest BCUT2D eigenvalue weighted by Crippen LogP contribution is 2.34. The van der Waals surface area contributed by atoms with E-state index in [1.54, 1.807) is 36.4 Å². The van der Waals surface area contributed by atoms with Crippen LogP contribution in [-0.2, 0) is 10.0 Å². The Morgan fingerprint density at radius 3 is 2.08 bits per heavy atom. The predicted molar refractivity (Wildman–Crippen MR) is 94.4 cm³/mol. The maximum atomic E-state index is 11.7. The van der Waals surface area contributed by atoms with Crippen LogP contribution in [0.2, 0.25) is 5.02 Å². The van der Waals surface area contributed by atoms with Crippen LogP contribution >= 0.6 is 11.6 Å². The van der Waals surface area contributed by atoms with Crippen LogP contribution in [0.1, 0.15) is 10.5 Å². The van der Waals surface area contributed by atoms with Crippen molar-refractivity contribution in [2.24, 2.45) is 10.9 Å². The number of carbonyl (C=O) groups is 1. The highest BCUT2D eigenvalue weighted by molar-refractivity contribution is 7.89. The van der Waals surface area contributed by atoms with E-state index in [4.69, 9.17) is 22.5 Å². The Balaban J connectivity index is 2.17. The minimum atomic E-state index is -3.79. The number of benzene rings is 2. The number of primary sulfonamides is 1. The zero-order chi connectivity index (χ0) is 18.2. The van der Waals surface area contributed by atoms with Gasteiger partial charge in [0.25, 0.3) is 5.91 Å². The molecular formula is C16H13ClN4O3S. The average Bonchev–Trinajstić information content (AvgIpc) is 3.00. The highest BCUT2D eigenvalue weighted by atomic mass is 35.5. The topological polar surface area (TPSA) is 132 Å². The summed E-state index contributed by atoms with van der Waals surface area (Å²) in [5, 5.41) is 12.4. The maximum Gasteiger partial charge on any atom is 0.267 e. The fourth-order valence-electron chi connectivity index (χ4n) is 2.43. The number of nitrogens with zero attached hydrogens (tertiary/aromatic N) is 1. The van der Waals surface area contributed by atoms with Crippen LogP contribution in [0.25, 0.3) is 22.4 Å². The molecule has 0 aliphatic heterocycles. The number of H-pyrrole nitrogens is 1. The fraction of sp³-hybridized carbons (Fsp3) is 0. The summed E-state index contributed by atoms with van der Waals surface area (Å²) < 4.78 is 22.8. The molecule has 0 spiro atoms. The summed E-state index contributed by atoms with van der Waals surface area (Å²) in [7, 11) is -3.79.